The van der Waals surface area contributed by atoms with Gasteiger partial charge in [0.25, 0.3) is 5.91 Å². The lowest BCUT2D eigenvalue weighted by Crippen LogP contribution is -2.18. The maximum atomic E-state index is 12.5. The number of rotatable bonds is 6. The van der Waals surface area contributed by atoms with Gasteiger partial charge in [0.15, 0.2) is 8.83 Å². The summed E-state index contributed by atoms with van der Waals surface area (Å²) >= 11 is 12.4. The van der Waals surface area contributed by atoms with Crippen LogP contribution in [0.5, 0.6) is 0 Å². The molecule has 2 rings (SSSR count). The minimum atomic E-state index is -0.536. The highest BCUT2D eigenvalue weighted by atomic mass is 35.5. The van der Waals surface area contributed by atoms with Crippen molar-refractivity contribution in [1.29, 1.82) is 0 Å². The second-order valence-electron chi connectivity index (χ2n) is 4.60. The molecule has 1 heterocycles. The third-order valence-electron chi connectivity index (χ3n) is 3.02. The van der Waals surface area contributed by atoms with Crippen molar-refractivity contribution < 1.29 is 14.3 Å². The van der Waals surface area contributed by atoms with Crippen LogP contribution in [0, 0.1) is 3.95 Å². The summed E-state index contributed by atoms with van der Waals surface area (Å²) in [5, 5.41) is 3.03. The fourth-order valence-corrected chi connectivity index (χ4v) is 3.47. The Bertz CT molecular complexity index is 842. The van der Waals surface area contributed by atoms with Crippen LogP contribution >= 0.6 is 35.2 Å². The largest absolute Gasteiger partial charge is 0.462 e. The van der Waals surface area contributed by atoms with Crippen molar-refractivity contribution in [3.05, 3.63) is 56.3 Å². The molecule has 0 atom stereocenters. The van der Waals surface area contributed by atoms with Crippen LogP contribution in [0.25, 0.3) is 0 Å². The summed E-state index contributed by atoms with van der Waals surface area (Å²) in [6, 6.07) is 6.65. The maximum Gasteiger partial charge on any atom is 0.352 e. The van der Waals surface area contributed by atoms with Gasteiger partial charge in [0.1, 0.15) is 5.82 Å². The molecule has 0 saturated heterocycles. The van der Waals surface area contributed by atoms with E-state index >= 15 is 0 Å². The van der Waals surface area contributed by atoms with E-state index in [-0.39, 0.29) is 17.3 Å². The molecule has 1 amide bonds. The number of halogens is 1. The number of aromatic nitrogens is 1. The Morgan fingerprint density at radius 1 is 1.46 bits per heavy atom. The Hall–Kier alpha value is -1.96. The summed E-state index contributed by atoms with van der Waals surface area (Å²) in [7, 11) is 0. The standard InChI is InChI=1S/C16H15ClN2O3S2/c1-3-9-19-13(12(24-16(19)23)15(21)22-4-2)18-14(20)10-7-5-6-8-11(10)17/h3,5-8H,1,4,9H2,2H3,(H,18,20). The molecule has 24 heavy (non-hydrogen) atoms. The summed E-state index contributed by atoms with van der Waals surface area (Å²) in [5.41, 5.74) is 0.302. The van der Waals surface area contributed by atoms with Gasteiger partial charge in [-0.15, -0.1) is 6.58 Å². The molecule has 0 radical (unpaired) electrons. The lowest BCUT2D eigenvalue weighted by Gasteiger charge is -2.11. The number of nitrogens with zero attached hydrogens (tertiary/aromatic N) is 1. The number of nitrogens with one attached hydrogen (secondary N) is 1. The summed E-state index contributed by atoms with van der Waals surface area (Å²) in [6.07, 6.45) is 1.63. The smallest absolute Gasteiger partial charge is 0.352 e. The van der Waals surface area contributed by atoms with Crippen LogP contribution in [0.1, 0.15) is 27.0 Å². The number of hydrogen-bond donors (Lipinski definition) is 1. The molecule has 0 bridgehead atoms. The number of anilines is 1. The highest BCUT2D eigenvalue weighted by molar-refractivity contribution is 7.73. The second kappa shape index (κ2) is 8.23. The molecule has 0 unspecified atom stereocenters. The highest BCUT2D eigenvalue weighted by Gasteiger charge is 2.22. The van der Waals surface area contributed by atoms with Crippen molar-refractivity contribution in [1.82, 2.24) is 4.57 Å². The van der Waals surface area contributed by atoms with Gasteiger partial charge >= 0.3 is 5.97 Å². The Kier molecular flexibility index (Phi) is 6.30. The Morgan fingerprint density at radius 2 is 2.17 bits per heavy atom. The number of benzene rings is 1. The lowest BCUT2D eigenvalue weighted by molar-refractivity contribution is 0.0532. The molecule has 1 aromatic carbocycles. The monoisotopic (exact) mass is 382 g/mol. The van der Waals surface area contributed by atoms with Crippen molar-refractivity contribution in [2.45, 2.75) is 13.5 Å². The Balaban J connectivity index is 2.45. The predicted octanol–water partition coefficient (Wildman–Crippen LogP) is 4.55. The van der Waals surface area contributed by atoms with Crippen molar-refractivity contribution >= 4 is 52.8 Å². The topological polar surface area (TPSA) is 60.3 Å². The van der Waals surface area contributed by atoms with Gasteiger partial charge in [0.05, 0.1) is 17.2 Å². The van der Waals surface area contributed by atoms with E-state index in [1.807, 2.05) is 0 Å². The number of allylic oxidation sites excluding steroid dienone is 1. The molecule has 1 aromatic heterocycles. The fraction of sp³-hybridized carbons (Fsp3) is 0.188. The molecule has 1 N–H and O–H groups in total. The SMILES string of the molecule is C=CCn1c(NC(=O)c2ccccc2Cl)c(C(=O)OCC)sc1=S. The van der Waals surface area contributed by atoms with E-state index in [2.05, 4.69) is 11.9 Å². The van der Waals surface area contributed by atoms with Gasteiger partial charge in [-0.1, -0.05) is 41.1 Å². The van der Waals surface area contributed by atoms with Gasteiger partial charge in [-0.25, -0.2) is 4.79 Å². The Morgan fingerprint density at radius 3 is 2.79 bits per heavy atom. The minimum Gasteiger partial charge on any atom is -0.462 e. The number of esters is 1. The molecule has 126 valence electrons. The van der Waals surface area contributed by atoms with E-state index in [0.717, 1.165) is 11.3 Å². The molecule has 0 spiro atoms. The molecular formula is C16H15ClN2O3S2. The summed E-state index contributed by atoms with van der Waals surface area (Å²) < 4.78 is 7.09. The van der Waals surface area contributed by atoms with Gasteiger partial charge in [-0.05, 0) is 31.3 Å². The summed E-state index contributed by atoms with van der Waals surface area (Å²) in [6.45, 7) is 5.95. The van der Waals surface area contributed by atoms with Crippen LogP contribution in [0.2, 0.25) is 5.02 Å². The van der Waals surface area contributed by atoms with Crippen LogP contribution in [0.3, 0.4) is 0 Å². The zero-order valence-corrected chi connectivity index (χ0v) is 15.3. The first kappa shape index (κ1) is 18.4. The second-order valence-corrected chi connectivity index (χ2v) is 6.65. The van der Waals surface area contributed by atoms with Crippen LogP contribution in [0.15, 0.2) is 36.9 Å². The molecule has 0 saturated carbocycles. The zero-order chi connectivity index (χ0) is 17.7. The van der Waals surface area contributed by atoms with E-state index in [1.165, 1.54) is 0 Å². The predicted molar refractivity (Wildman–Crippen MR) is 98.7 cm³/mol. The molecule has 0 fully saturated rings. The van der Waals surface area contributed by atoms with Gasteiger partial charge in [-0.2, -0.15) is 0 Å². The number of ether oxygens (including phenoxy) is 1. The fourth-order valence-electron chi connectivity index (χ4n) is 1.98. The normalized spacial score (nSPS) is 10.2. The quantitative estimate of drug-likeness (QED) is 0.452. The molecule has 0 aliphatic carbocycles. The molecular weight excluding hydrogens is 368 g/mol. The third kappa shape index (κ3) is 3.92. The summed E-state index contributed by atoms with van der Waals surface area (Å²) in [4.78, 5) is 24.9. The number of carbonyl (C=O) groups excluding carboxylic acids is 2. The summed E-state index contributed by atoms with van der Waals surface area (Å²) in [5.74, 6) is -0.684. The number of thiazole rings is 1. The highest BCUT2D eigenvalue weighted by Crippen LogP contribution is 2.27. The molecule has 8 heteroatoms. The molecule has 0 aliphatic rings. The van der Waals surface area contributed by atoms with Crippen molar-refractivity contribution in [3.8, 4) is 0 Å². The molecule has 5 nitrogen and oxygen atoms in total. The first-order valence-corrected chi connectivity index (χ1v) is 8.67. The van der Waals surface area contributed by atoms with E-state index in [1.54, 1.807) is 41.8 Å². The lowest BCUT2D eigenvalue weighted by atomic mass is 10.2. The van der Waals surface area contributed by atoms with E-state index in [9.17, 15) is 9.59 Å². The third-order valence-corrected chi connectivity index (χ3v) is 4.78. The zero-order valence-electron chi connectivity index (χ0n) is 12.9. The van der Waals surface area contributed by atoms with E-state index < -0.39 is 11.9 Å². The number of amides is 1. The minimum absolute atomic E-state index is 0.225. The average Bonchev–Trinajstić information content (AvgIpc) is 2.85. The van der Waals surface area contributed by atoms with Gasteiger partial charge in [0.2, 0.25) is 0 Å². The molecule has 2 aromatic rings. The van der Waals surface area contributed by atoms with Crippen molar-refractivity contribution in [3.63, 3.8) is 0 Å². The first-order valence-electron chi connectivity index (χ1n) is 7.07. The first-order chi connectivity index (χ1) is 11.5. The number of carbonyl (C=O) groups is 2. The van der Waals surface area contributed by atoms with Crippen molar-refractivity contribution in [2.75, 3.05) is 11.9 Å². The van der Waals surface area contributed by atoms with Gasteiger partial charge in [-0.3, -0.25) is 4.79 Å². The van der Waals surface area contributed by atoms with E-state index in [0.29, 0.717) is 21.1 Å². The maximum absolute atomic E-state index is 12.5. The molecule has 0 aliphatic heterocycles. The van der Waals surface area contributed by atoms with Crippen molar-refractivity contribution in [2.24, 2.45) is 0 Å². The van der Waals surface area contributed by atoms with Crippen LogP contribution in [-0.2, 0) is 11.3 Å². The average molecular weight is 383 g/mol. The van der Waals surface area contributed by atoms with Gasteiger partial charge in [0, 0.05) is 6.54 Å². The Labute approximate surface area is 153 Å². The van der Waals surface area contributed by atoms with Crippen LogP contribution in [0.4, 0.5) is 5.82 Å². The van der Waals surface area contributed by atoms with Crippen LogP contribution in [-0.4, -0.2) is 23.1 Å². The van der Waals surface area contributed by atoms with Crippen LogP contribution < -0.4 is 5.32 Å². The number of hydrogen-bond acceptors (Lipinski definition) is 5. The van der Waals surface area contributed by atoms with Gasteiger partial charge < -0.3 is 14.6 Å². The van der Waals surface area contributed by atoms with E-state index in [4.69, 9.17) is 28.6 Å².